The number of nitro groups is 1. The Morgan fingerprint density at radius 3 is 2.60 bits per heavy atom. The Balaban J connectivity index is 1.67. The van der Waals surface area contributed by atoms with Crippen LogP contribution in [0.1, 0.15) is 21.5 Å². The fourth-order valence-electron chi connectivity index (χ4n) is 2.61. The van der Waals surface area contributed by atoms with Crippen molar-refractivity contribution in [1.29, 1.82) is 0 Å². The van der Waals surface area contributed by atoms with Crippen LogP contribution in [0, 0.1) is 10.1 Å². The highest BCUT2D eigenvalue weighted by Gasteiger charge is 2.11. The molecule has 8 heteroatoms. The normalized spacial score (nSPS) is 10.6. The van der Waals surface area contributed by atoms with Crippen LogP contribution in [-0.4, -0.2) is 24.2 Å². The zero-order valence-electron chi connectivity index (χ0n) is 16.1. The molecule has 0 unspecified atom stereocenters. The van der Waals surface area contributed by atoms with Crippen molar-refractivity contribution >= 4 is 17.8 Å². The first-order valence-electron chi connectivity index (χ1n) is 8.99. The molecule has 152 valence electrons. The van der Waals surface area contributed by atoms with Gasteiger partial charge in [0.15, 0.2) is 11.5 Å². The van der Waals surface area contributed by atoms with E-state index in [1.54, 1.807) is 25.3 Å². The van der Waals surface area contributed by atoms with Gasteiger partial charge in [0, 0.05) is 17.7 Å². The lowest BCUT2D eigenvalue weighted by molar-refractivity contribution is -0.384. The number of amides is 1. The van der Waals surface area contributed by atoms with Crippen LogP contribution >= 0.6 is 0 Å². The SMILES string of the molecule is COc1ccc(/C=N/NC(=O)c2cccc([N+](=O)[O-])c2)cc1OCc1ccccc1. The zero-order chi connectivity index (χ0) is 21.3. The summed E-state index contributed by atoms with van der Waals surface area (Å²) in [5.41, 5.74) is 4.03. The van der Waals surface area contributed by atoms with Crippen molar-refractivity contribution in [3.63, 3.8) is 0 Å². The summed E-state index contributed by atoms with van der Waals surface area (Å²) < 4.78 is 11.2. The third-order valence-electron chi connectivity index (χ3n) is 4.12. The molecule has 0 aliphatic carbocycles. The van der Waals surface area contributed by atoms with Crippen LogP contribution in [0.15, 0.2) is 77.9 Å². The third-order valence-corrected chi connectivity index (χ3v) is 4.12. The molecule has 0 aliphatic heterocycles. The number of non-ortho nitro benzene ring substituents is 1. The van der Waals surface area contributed by atoms with Crippen molar-refractivity contribution in [1.82, 2.24) is 5.43 Å². The molecule has 3 aromatic rings. The number of hydrazone groups is 1. The summed E-state index contributed by atoms with van der Waals surface area (Å²) in [6.45, 7) is 0.376. The summed E-state index contributed by atoms with van der Waals surface area (Å²) in [4.78, 5) is 22.4. The van der Waals surface area contributed by atoms with Crippen molar-refractivity contribution in [2.24, 2.45) is 5.10 Å². The van der Waals surface area contributed by atoms with E-state index in [4.69, 9.17) is 9.47 Å². The lowest BCUT2D eigenvalue weighted by Gasteiger charge is -2.11. The number of carbonyl (C=O) groups is 1. The number of rotatable bonds is 8. The van der Waals surface area contributed by atoms with E-state index in [0.717, 1.165) is 5.56 Å². The smallest absolute Gasteiger partial charge is 0.271 e. The number of nitrogens with one attached hydrogen (secondary N) is 1. The summed E-state index contributed by atoms with van der Waals surface area (Å²) in [6, 6.07) is 20.4. The molecule has 0 saturated heterocycles. The lowest BCUT2D eigenvalue weighted by atomic mass is 10.2. The first-order valence-corrected chi connectivity index (χ1v) is 8.99. The number of hydrogen-bond donors (Lipinski definition) is 1. The molecule has 0 radical (unpaired) electrons. The Morgan fingerprint density at radius 1 is 1.07 bits per heavy atom. The standard InChI is InChI=1S/C22H19N3O5/c1-29-20-11-10-17(12-21(20)30-15-16-6-3-2-4-7-16)14-23-24-22(26)18-8-5-9-19(13-18)25(27)28/h2-14H,15H2,1H3,(H,24,26)/b23-14+. The summed E-state index contributed by atoms with van der Waals surface area (Å²) in [6.07, 6.45) is 1.45. The largest absolute Gasteiger partial charge is 0.493 e. The number of nitro benzene ring substituents is 1. The average molecular weight is 405 g/mol. The molecule has 30 heavy (non-hydrogen) atoms. The minimum Gasteiger partial charge on any atom is -0.493 e. The van der Waals surface area contributed by atoms with Gasteiger partial charge in [0.25, 0.3) is 11.6 Å². The van der Waals surface area contributed by atoms with Gasteiger partial charge < -0.3 is 9.47 Å². The molecule has 0 spiro atoms. The third kappa shape index (κ3) is 5.41. The van der Waals surface area contributed by atoms with E-state index in [9.17, 15) is 14.9 Å². The first-order chi connectivity index (χ1) is 14.6. The second-order valence-corrected chi connectivity index (χ2v) is 6.19. The van der Waals surface area contributed by atoms with Gasteiger partial charge in [0.1, 0.15) is 6.61 Å². The van der Waals surface area contributed by atoms with Crippen molar-refractivity contribution in [2.75, 3.05) is 7.11 Å². The maximum atomic E-state index is 12.1. The number of methoxy groups -OCH3 is 1. The van der Waals surface area contributed by atoms with E-state index in [0.29, 0.717) is 23.7 Å². The van der Waals surface area contributed by atoms with Crippen molar-refractivity contribution < 1.29 is 19.2 Å². The van der Waals surface area contributed by atoms with E-state index >= 15 is 0 Å². The molecule has 1 amide bonds. The summed E-state index contributed by atoms with van der Waals surface area (Å²) in [5.74, 6) is 0.558. The number of hydrogen-bond acceptors (Lipinski definition) is 6. The number of benzene rings is 3. The van der Waals surface area contributed by atoms with Gasteiger partial charge in [-0.05, 0) is 35.4 Å². The van der Waals surface area contributed by atoms with Crippen molar-refractivity contribution in [2.45, 2.75) is 6.61 Å². The fourth-order valence-corrected chi connectivity index (χ4v) is 2.61. The Kier molecular flexibility index (Phi) is 6.73. The van der Waals surface area contributed by atoms with Gasteiger partial charge in [0.05, 0.1) is 18.2 Å². The number of carbonyl (C=O) groups excluding carboxylic acids is 1. The molecule has 0 bridgehead atoms. The summed E-state index contributed by atoms with van der Waals surface area (Å²) >= 11 is 0. The molecule has 1 N–H and O–H groups in total. The highest BCUT2D eigenvalue weighted by Crippen LogP contribution is 2.28. The Morgan fingerprint density at radius 2 is 1.87 bits per heavy atom. The van der Waals surface area contributed by atoms with Crippen LogP contribution in [-0.2, 0) is 6.61 Å². The van der Waals surface area contributed by atoms with Gasteiger partial charge in [-0.25, -0.2) is 5.43 Å². The molecule has 0 fully saturated rings. The van der Waals surface area contributed by atoms with Crippen LogP contribution in [0.2, 0.25) is 0 Å². The summed E-state index contributed by atoms with van der Waals surface area (Å²) in [5, 5.41) is 14.7. The van der Waals surface area contributed by atoms with E-state index in [1.165, 1.54) is 30.5 Å². The monoisotopic (exact) mass is 405 g/mol. The topological polar surface area (TPSA) is 103 Å². The maximum absolute atomic E-state index is 12.1. The highest BCUT2D eigenvalue weighted by atomic mass is 16.6. The first kappa shape index (κ1) is 20.5. The van der Waals surface area contributed by atoms with Crippen LogP contribution < -0.4 is 14.9 Å². The molecular weight excluding hydrogens is 386 g/mol. The van der Waals surface area contributed by atoms with Crippen LogP contribution in [0.3, 0.4) is 0 Å². The Labute approximate surface area is 172 Å². The van der Waals surface area contributed by atoms with Gasteiger partial charge in [-0.15, -0.1) is 0 Å². The molecule has 0 aliphatic rings. The maximum Gasteiger partial charge on any atom is 0.271 e. The van der Waals surface area contributed by atoms with Gasteiger partial charge >= 0.3 is 0 Å². The van der Waals surface area contributed by atoms with Crippen molar-refractivity contribution in [3.8, 4) is 11.5 Å². The molecular formula is C22H19N3O5. The quantitative estimate of drug-likeness (QED) is 0.347. The molecule has 8 nitrogen and oxygen atoms in total. The predicted molar refractivity (Wildman–Crippen MR) is 112 cm³/mol. The van der Waals surface area contributed by atoms with Gasteiger partial charge in [-0.1, -0.05) is 36.4 Å². The Hall–Kier alpha value is -4.20. The molecule has 0 atom stereocenters. The van der Waals surface area contributed by atoms with Gasteiger partial charge in [0.2, 0.25) is 0 Å². The molecule has 0 aromatic heterocycles. The van der Waals surface area contributed by atoms with Crippen LogP contribution in [0.25, 0.3) is 0 Å². The molecule has 3 aromatic carbocycles. The average Bonchev–Trinajstić information content (AvgIpc) is 2.78. The van der Waals surface area contributed by atoms with E-state index < -0.39 is 10.8 Å². The number of ether oxygens (including phenoxy) is 2. The fraction of sp³-hybridized carbons (Fsp3) is 0.0909. The second-order valence-electron chi connectivity index (χ2n) is 6.19. The molecule has 0 heterocycles. The minimum atomic E-state index is -0.561. The van der Waals surface area contributed by atoms with Crippen LogP contribution in [0.4, 0.5) is 5.69 Å². The molecule has 0 saturated carbocycles. The molecule has 3 rings (SSSR count). The van der Waals surface area contributed by atoms with E-state index in [1.807, 2.05) is 30.3 Å². The second kappa shape index (κ2) is 9.83. The van der Waals surface area contributed by atoms with Gasteiger partial charge in [-0.2, -0.15) is 5.10 Å². The van der Waals surface area contributed by atoms with Gasteiger partial charge in [-0.3, -0.25) is 14.9 Å². The highest BCUT2D eigenvalue weighted by molar-refractivity contribution is 5.95. The summed E-state index contributed by atoms with van der Waals surface area (Å²) in [7, 11) is 1.55. The van der Waals surface area contributed by atoms with E-state index in [2.05, 4.69) is 10.5 Å². The van der Waals surface area contributed by atoms with Crippen LogP contribution in [0.5, 0.6) is 11.5 Å². The minimum absolute atomic E-state index is 0.142. The lowest BCUT2D eigenvalue weighted by Crippen LogP contribution is -2.17. The predicted octanol–water partition coefficient (Wildman–Crippen LogP) is 3.95. The zero-order valence-corrected chi connectivity index (χ0v) is 16.1. The van der Waals surface area contributed by atoms with E-state index in [-0.39, 0.29) is 11.3 Å². The Bertz CT molecular complexity index is 1070. The number of nitrogens with zero attached hydrogens (tertiary/aromatic N) is 2. The van der Waals surface area contributed by atoms with Crippen molar-refractivity contribution in [3.05, 3.63) is 99.6 Å².